The number of hydrogen-bond donors (Lipinski definition) is 1. The summed E-state index contributed by atoms with van der Waals surface area (Å²) in [6.45, 7) is 6.32. The summed E-state index contributed by atoms with van der Waals surface area (Å²) in [6, 6.07) is 0. The number of hydrogen-bond acceptors (Lipinski definition) is 4. The molecule has 2 heterocycles. The quantitative estimate of drug-likeness (QED) is 0.874. The van der Waals surface area contributed by atoms with Crippen LogP contribution in [-0.2, 0) is 13.5 Å². The molecule has 0 spiro atoms. The standard InChI is InChI=1S/C15H29N5/c1-12-14(5-8-16)15(20(4)17-12)19(3)11-13-6-9-18(2)10-7-13/h13H,5-11,16H2,1-4H3. The summed E-state index contributed by atoms with van der Waals surface area (Å²) in [4.78, 5) is 4.80. The van der Waals surface area contributed by atoms with E-state index < -0.39 is 0 Å². The highest BCUT2D eigenvalue weighted by molar-refractivity contribution is 5.49. The Morgan fingerprint density at radius 2 is 1.95 bits per heavy atom. The molecule has 0 radical (unpaired) electrons. The summed E-state index contributed by atoms with van der Waals surface area (Å²) < 4.78 is 2.01. The minimum atomic E-state index is 0.682. The Hall–Kier alpha value is -1.07. The number of aryl methyl sites for hydroxylation is 2. The van der Waals surface area contributed by atoms with E-state index in [-0.39, 0.29) is 0 Å². The summed E-state index contributed by atoms with van der Waals surface area (Å²) in [5.74, 6) is 2.03. The lowest BCUT2D eigenvalue weighted by Crippen LogP contribution is -2.36. The number of nitrogens with zero attached hydrogens (tertiary/aromatic N) is 4. The highest BCUT2D eigenvalue weighted by Crippen LogP contribution is 2.25. The first-order valence-electron chi connectivity index (χ1n) is 7.65. The topological polar surface area (TPSA) is 50.3 Å². The molecule has 1 aromatic heterocycles. The fourth-order valence-corrected chi connectivity index (χ4v) is 3.32. The van der Waals surface area contributed by atoms with E-state index in [9.17, 15) is 0 Å². The summed E-state index contributed by atoms with van der Waals surface area (Å²) in [7, 11) is 6.44. The van der Waals surface area contributed by atoms with E-state index in [0.717, 1.165) is 24.6 Å². The van der Waals surface area contributed by atoms with Gasteiger partial charge in [0.25, 0.3) is 0 Å². The lowest BCUT2D eigenvalue weighted by molar-refractivity contribution is 0.222. The van der Waals surface area contributed by atoms with Gasteiger partial charge in [0.05, 0.1) is 5.69 Å². The van der Waals surface area contributed by atoms with Gasteiger partial charge in [-0.15, -0.1) is 0 Å². The number of likely N-dealkylation sites (tertiary alicyclic amines) is 1. The average molecular weight is 279 g/mol. The van der Waals surface area contributed by atoms with E-state index in [1.165, 1.54) is 37.3 Å². The molecule has 1 aromatic rings. The highest BCUT2D eigenvalue weighted by atomic mass is 15.4. The van der Waals surface area contributed by atoms with Gasteiger partial charge in [0.15, 0.2) is 0 Å². The Bertz CT molecular complexity index is 432. The molecule has 0 unspecified atom stereocenters. The van der Waals surface area contributed by atoms with E-state index >= 15 is 0 Å². The van der Waals surface area contributed by atoms with Crippen LogP contribution in [0.1, 0.15) is 24.1 Å². The number of nitrogens with two attached hydrogens (primary N) is 1. The Morgan fingerprint density at radius 3 is 2.55 bits per heavy atom. The van der Waals surface area contributed by atoms with Crippen molar-refractivity contribution in [2.24, 2.45) is 18.7 Å². The van der Waals surface area contributed by atoms with Crippen LogP contribution in [0.5, 0.6) is 0 Å². The third-order valence-corrected chi connectivity index (χ3v) is 4.44. The molecule has 20 heavy (non-hydrogen) atoms. The third kappa shape index (κ3) is 3.33. The zero-order valence-electron chi connectivity index (χ0n) is 13.4. The Kier molecular flexibility index (Phi) is 5.05. The Labute approximate surface area is 122 Å². The second-order valence-corrected chi connectivity index (χ2v) is 6.18. The maximum absolute atomic E-state index is 5.75. The van der Waals surface area contributed by atoms with Crippen molar-refractivity contribution in [3.05, 3.63) is 11.3 Å². The van der Waals surface area contributed by atoms with E-state index in [0.29, 0.717) is 6.54 Å². The average Bonchev–Trinajstić information content (AvgIpc) is 2.68. The van der Waals surface area contributed by atoms with Gasteiger partial charge in [-0.1, -0.05) is 0 Å². The molecular formula is C15H29N5. The monoisotopic (exact) mass is 279 g/mol. The SMILES string of the molecule is Cc1nn(C)c(N(C)CC2CCN(C)CC2)c1CCN. The van der Waals surface area contributed by atoms with Crippen LogP contribution in [0.4, 0.5) is 5.82 Å². The van der Waals surface area contributed by atoms with Gasteiger partial charge in [-0.05, 0) is 58.8 Å². The van der Waals surface area contributed by atoms with Gasteiger partial charge in [-0.2, -0.15) is 5.10 Å². The molecule has 0 aliphatic carbocycles. The second kappa shape index (κ2) is 6.59. The van der Waals surface area contributed by atoms with Crippen molar-refractivity contribution in [1.29, 1.82) is 0 Å². The molecule has 2 rings (SSSR count). The number of anilines is 1. The summed E-state index contributed by atoms with van der Waals surface area (Å²) in [6.07, 6.45) is 3.50. The first kappa shape index (κ1) is 15.3. The maximum atomic E-state index is 5.75. The maximum Gasteiger partial charge on any atom is 0.129 e. The second-order valence-electron chi connectivity index (χ2n) is 6.18. The van der Waals surface area contributed by atoms with Gasteiger partial charge < -0.3 is 15.5 Å². The van der Waals surface area contributed by atoms with Crippen LogP contribution in [0.3, 0.4) is 0 Å². The van der Waals surface area contributed by atoms with Crippen LogP contribution in [0, 0.1) is 12.8 Å². The zero-order valence-corrected chi connectivity index (χ0v) is 13.4. The number of piperidine rings is 1. The van der Waals surface area contributed by atoms with E-state index in [1.54, 1.807) is 0 Å². The van der Waals surface area contributed by atoms with Crippen LogP contribution >= 0.6 is 0 Å². The smallest absolute Gasteiger partial charge is 0.129 e. The highest BCUT2D eigenvalue weighted by Gasteiger charge is 2.22. The van der Waals surface area contributed by atoms with Crippen LogP contribution < -0.4 is 10.6 Å². The van der Waals surface area contributed by atoms with Crippen molar-refractivity contribution < 1.29 is 0 Å². The van der Waals surface area contributed by atoms with Gasteiger partial charge in [0, 0.05) is 26.2 Å². The lowest BCUT2D eigenvalue weighted by atomic mass is 9.96. The molecular weight excluding hydrogens is 250 g/mol. The molecule has 5 nitrogen and oxygen atoms in total. The van der Waals surface area contributed by atoms with E-state index in [1.807, 2.05) is 11.7 Å². The molecule has 0 saturated carbocycles. The van der Waals surface area contributed by atoms with Crippen LogP contribution in [0.15, 0.2) is 0 Å². The predicted octanol–water partition coefficient (Wildman–Crippen LogP) is 1.01. The molecule has 1 fully saturated rings. The van der Waals surface area contributed by atoms with Crippen molar-refractivity contribution in [2.75, 3.05) is 45.2 Å². The van der Waals surface area contributed by atoms with Gasteiger partial charge in [0.1, 0.15) is 5.82 Å². The molecule has 0 aromatic carbocycles. The minimum absolute atomic E-state index is 0.682. The summed E-state index contributed by atoms with van der Waals surface area (Å²) in [5, 5.41) is 4.57. The van der Waals surface area contributed by atoms with Crippen molar-refractivity contribution >= 4 is 5.82 Å². The summed E-state index contributed by atoms with van der Waals surface area (Å²) in [5.41, 5.74) is 8.17. The number of aromatic nitrogens is 2. The fourth-order valence-electron chi connectivity index (χ4n) is 3.32. The molecule has 0 atom stereocenters. The Balaban J connectivity index is 2.06. The minimum Gasteiger partial charge on any atom is -0.359 e. The first-order valence-corrected chi connectivity index (χ1v) is 7.65. The normalized spacial score (nSPS) is 17.6. The third-order valence-electron chi connectivity index (χ3n) is 4.44. The first-order chi connectivity index (χ1) is 9.52. The van der Waals surface area contributed by atoms with Crippen LogP contribution in [0.25, 0.3) is 0 Å². The molecule has 1 saturated heterocycles. The number of rotatable bonds is 5. The van der Waals surface area contributed by atoms with Gasteiger partial charge in [-0.3, -0.25) is 4.68 Å². The molecule has 1 aliphatic heterocycles. The lowest BCUT2D eigenvalue weighted by Gasteiger charge is -2.32. The van der Waals surface area contributed by atoms with E-state index in [2.05, 4.69) is 35.9 Å². The summed E-state index contributed by atoms with van der Waals surface area (Å²) >= 11 is 0. The zero-order chi connectivity index (χ0) is 14.7. The molecule has 0 amide bonds. The van der Waals surface area contributed by atoms with Gasteiger partial charge >= 0.3 is 0 Å². The molecule has 1 aliphatic rings. The van der Waals surface area contributed by atoms with Crippen LogP contribution in [0.2, 0.25) is 0 Å². The predicted molar refractivity (Wildman–Crippen MR) is 84.2 cm³/mol. The largest absolute Gasteiger partial charge is 0.359 e. The fraction of sp³-hybridized carbons (Fsp3) is 0.800. The van der Waals surface area contributed by atoms with Crippen molar-refractivity contribution in [3.63, 3.8) is 0 Å². The molecule has 114 valence electrons. The van der Waals surface area contributed by atoms with E-state index in [4.69, 9.17) is 5.73 Å². The van der Waals surface area contributed by atoms with Crippen LogP contribution in [-0.4, -0.2) is 55.0 Å². The van der Waals surface area contributed by atoms with Crippen molar-refractivity contribution in [1.82, 2.24) is 14.7 Å². The van der Waals surface area contributed by atoms with Gasteiger partial charge in [0.2, 0.25) is 0 Å². The van der Waals surface area contributed by atoms with Crippen molar-refractivity contribution in [2.45, 2.75) is 26.2 Å². The molecule has 0 bridgehead atoms. The van der Waals surface area contributed by atoms with Gasteiger partial charge in [-0.25, -0.2) is 0 Å². The van der Waals surface area contributed by atoms with Crippen molar-refractivity contribution in [3.8, 4) is 0 Å². The molecule has 5 heteroatoms. The molecule has 2 N–H and O–H groups in total. The Morgan fingerprint density at radius 1 is 1.30 bits per heavy atom.